The first kappa shape index (κ1) is 18.9. The van der Waals surface area contributed by atoms with Gasteiger partial charge in [-0.05, 0) is 37.8 Å². The Bertz CT molecular complexity index is 612. The lowest BCUT2D eigenvalue weighted by molar-refractivity contribution is -0.200. The molecule has 2 aliphatic heterocycles. The number of benzene rings is 1. The van der Waals surface area contributed by atoms with E-state index < -0.39 is 0 Å². The fourth-order valence-electron chi connectivity index (χ4n) is 3.59. The van der Waals surface area contributed by atoms with Crippen molar-refractivity contribution in [3.05, 3.63) is 47.7 Å². The van der Waals surface area contributed by atoms with Gasteiger partial charge in [-0.2, -0.15) is 0 Å². The van der Waals surface area contributed by atoms with Gasteiger partial charge in [0.05, 0.1) is 18.5 Å². The number of carbonyl (C=O) groups is 1. The summed E-state index contributed by atoms with van der Waals surface area (Å²) in [6.07, 6.45) is 4.89. The molecule has 0 bridgehead atoms. The van der Waals surface area contributed by atoms with Crippen LogP contribution in [0.5, 0.6) is 0 Å². The summed E-state index contributed by atoms with van der Waals surface area (Å²) in [7, 11) is 0. The molecule has 2 aliphatic rings. The van der Waals surface area contributed by atoms with Gasteiger partial charge in [0.2, 0.25) is 0 Å². The fourth-order valence-corrected chi connectivity index (χ4v) is 3.59. The van der Waals surface area contributed by atoms with Crippen molar-refractivity contribution in [1.29, 1.82) is 0 Å². The van der Waals surface area contributed by atoms with Crippen LogP contribution >= 0.6 is 0 Å². The number of hydrogen-bond acceptors (Lipinski definition) is 5. The van der Waals surface area contributed by atoms with E-state index in [-0.39, 0.29) is 30.4 Å². The molecule has 1 fully saturated rings. The number of allylic oxidation sites excluding steroid dienone is 1. The van der Waals surface area contributed by atoms with E-state index in [4.69, 9.17) is 18.9 Å². The highest BCUT2D eigenvalue weighted by molar-refractivity contribution is 5.66. The molecule has 142 valence electrons. The van der Waals surface area contributed by atoms with Gasteiger partial charge >= 0.3 is 5.97 Å². The summed E-state index contributed by atoms with van der Waals surface area (Å²) in [6, 6.07) is 10.2. The van der Waals surface area contributed by atoms with Gasteiger partial charge in [0.15, 0.2) is 6.10 Å². The van der Waals surface area contributed by atoms with Crippen LogP contribution in [0.15, 0.2) is 42.2 Å². The minimum atomic E-state index is -0.267. The molecule has 0 unspecified atom stereocenters. The molecular weight excluding hydrogens is 332 g/mol. The van der Waals surface area contributed by atoms with Gasteiger partial charge in [-0.3, -0.25) is 4.79 Å². The maximum atomic E-state index is 11.5. The molecular formula is C21H28O5. The van der Waals surface area contributed by atoms with Crippen LogP contribution in [0, 0.1) is 0 Å². The number of esters is 1. The van der Waals surface area contributed by atoms with Crippen LogP contribution in [-0.2, 0) is 30.3 Å². The maximum Gasteiger partial charge on any atom is 0.303 e. The standard InChI is InChI=1S/C21H28O5/c1-15-10-11-19-21(24-15)20(25-16(2)22)13-18(26-19)9-6-12-23-14-17-7-4-3-5-8-17/h3-5,7-8,10,18-21H,6,9,11-14H2,1-2H3/t18-,19-,20+,21-/m1/s1. The molecule has 5 heteroatoms. The number of fused-ring (bicyclic) bond motifs is 1. The molecule has 0 aromatic heterocycles. The summed E-state index contributed by atoms with van der Waals surface area (Å²) >= 11 is 0. The zero-order valence-electron chi connectivity index (χ0n) is 15.6. The SMILES string of the molecule is CC(=O)O[C@H]1C[C@@H](CCCOCc2ccccc2)O[C@@H]2CC=C(C)O[C@@H]12. The molecule has 0 spiro atoms. The second kappa shape index (κ2) is 9.19. The second-order valence-electron chi connectivity index (χ2n) is 6.99. The third-order valence-corrected chi connectivity index (χ3v) is 4.80. The summed E-state index contributed by atoms with van der Waals surface area (Å²) in [4.78, 5) is 11.5. The second-order valence-corrected chi connectivity index (χ2v) is 6.99. The Morgan fingerprint density at radius 1 is 1.27 bits per heavy atom. The Hall–Kier alpha value is -1.85. The lowest BCUT2D eigenvalue weighted by atomic mass is 9.92. The lowest BCUT2D eigenvalue weighted by Crippen LogP contribution is -2.52. The van der Waals surface area contributed by atoms with Crippen molar-refractivity contribution in [2.24, 2.45) is 0 Å². The predicted octanol–water partition coefficient (Wildman–Crippen LogP) is 3.77. The van der Waals surface area contributed by atoms with Crippen molar-refractivity contribution in [2.75, 3.05) is 6.61 Å². The van der Waals surface area contributed by atoms with E-state index in [1.165, 1.54) is 12.5 Å². The van der Waals surface area contributed by atoms with Gasteiger partial charge in [0.25, 0.3) is 0 Å². The summed E-state index contributed by atoms with van der Waals surface area (Å²) in [5, 5.41) is 0. The summed E-state index contributed by atoms with van der Waals surface area (Å²) in [6.45, 7) is 4.70. The van der Waals surface area contributed by atoms with E-state index in [2.05, 4.69) is 12.1 Å². The highest BCUT2D eigenvalue weighted by Crippen LogP contribution is 2.33. The molecule has 1 saturated heterocycles. The molecule has 0 radical (unpaired) electrons. The van der Waals surface area contributed by atoms with Gasteiger partial charge in [-0.25, -0.2) is 0 Å². The highest BCUT2D eigenvalue weighted by atomic mass is 16.6. The van der Waals surface area contributed by atoms with Crippen molar-refractivity contribution in [3.8, 4) is 0 Å². The Morgan fingerprint density at radius 3 is 2.85 bits per heavy atom. The molecule has 3 rings (SSSR count). The first-order valence-corrected chi connectivity index (χ1v) is 9.39. The zero-order chi connectivity index (χ0) is 18.4. The largest absolute Gasteiger partial charge is 0.489 e. The predicted molar refractivity (Wildman–Crippen MR) is 97.4 cm³/mol. The Kier molecular flexibility index (Phi) is 6.69. The number of carbonyl (C=O) groups excluding carboxylic acids is 1. The Balaban J connectivity index is 1.45. The van der Waals surface area contributed by atoms with E-state index in [9.17, 15) is 4.79 Å². The Morgan fingerprint density at radius 2 is 2.08 bits per heavy atom. The average molecular weight is 360 g/mol. The Labute approximate surface area is 155 Å². The normalized spacial score (nSPS) is 27.8. The van der Waals surface area contributed by atoms with E-state index in [1.54, 1.807) is 0 Å². The first-order chi connectivity index (χ1) is 12.6. The highest BCUT2D eigenvalue weighted by Gasteiger charge is 2.43. The molecule has 4 atom stereocenters. The number of rotatable bonds is 7. The van der Waals surface area contributed by atoms with E-state index in [0.29, 0.717) is 19.6 Å². The minimum absolute atomic E-state index is 0.0490. The zero-order valence-corrected chi connectivity index (χ0v) is 15.6. The summed E-state index contributed by atoms with van der Waals surface area (Å²) in [5.41, 5.74) is 1.18. The van der Waals surface area contributed by atoms with Crippen LogP contribution in [0.3, 0.4) is 0 Å². The molecule has 0 amide bonds. The molecule has 0 N–H and O–H groups in total. The van der Waals surface area contributed by atoms with Crippen LogP contribution < -0.4 is 0 Å². The van der Waals surface area contributed by atoms with Gasteiger partial charge in [-0.1, -0.05) is 30.3 Å². The van der Waals surface area contributed by atoms with Crippen LogP contribution in [0.4, 0.5) is 0 Å². The molecule has 26 heavy (non-hydrogen) atoms. The summed E-state index contributed by atoms with van der Waals surface area (Å²) < 4.78 is 23.3. The van der Waals surface area contributed by atoms with Gasteiger partial charge in [-0.15, -0.1) is 0 Å². The van der Waals surface area contributed by atoms with Crippen molar-refractivity contribution in [2.45, 2.75) is 70.6 Å². The van der Waals surface area contributed by atoms with Crippen LogP contribution in [0.2, 0.25) is 0 Å². The molecule has 5 nitrogen and oxygen atoms in total. The molecule has 0 saturated carbocycles. The molecule has 0 aliphatic carbocycles. The van der Waals surface area contributed by atoms with Crippen LogP contribution in [0.1, 0.15) is 45.1 Å². The topological polar surface area (TPSA) is 54.0 Å². The average Bonchev–Trinajstić information content (AvgIpc) is 2.62. The minimum Gasteiger partial charge on any atom is -0.489 e. The monoisotopic (exact) mass is 360 g/mol. The van der Waals surface area contributed by atoms with Crippen molar-refractivity contribution in [1.82, 2.24) is 0 Å². The molecule has 2 heterocycles. The first-order valence-electron chi connectivity index (χ1n) is 9.39. The van der Waals surface area contributed by atoms with E-state index in [1.807, 2.05) is 31.2 Å². The van der Waals surface area contributed by atoms with Crippen molar-refractivity contribution < 1.29 is 23.7 Å². The fraction of sp³-hybridized carbons (Fsp3) is 0.571. The van der Waals surface area contributed by atoms with E-state index in [0.717, 1.165) is 25.0 Å². The maximum absolute atomic E-state index is 11.5. The number of hydrogen-bond donors (Lipinski definition) is 0. The third-order valence-electron chi connectivity index (χ3n) is 4.80. The lowest BCUT2D eigenvalue weighted by Gasteiger charge is -2.43. The quantitative estimate of drug-likeness (QED) is 0.547. The van der Waals surface area contributed by atoms with E-state index >= 15 is 0 Å². The van der Waals surface area contributed by atoms with Crippen molar-refractivity contribution in [3.63, 3.8) is 0 Å². The molecule has 1 aromatic carbocycles. The van der Waals surface area contributed by atoms with Gasteiger partial charge in [0.1, 0.15) is 12.2 Å². The van der Waals surface area contributed by atoms with Gasteiger partial charge < -0.3 is 18.9 Å². The van der Waals surface area contributed by atoms with Crippen molar-refractivity contribution >= 4 is 5.97 Å². The number of ether oxygens (including phenoxy) is 4. The third kappa shape index (κ3) is 5.32. The van der Waals surface area contributed by atoms with Crippen LogP contribution in [-0.4, -0.2) is 37.0 Å². The van der Waals surface area contributed by atoms with Gasteiger partial charge in [0, 0.05) is 20.0 Å². The summed E-state index contributed by atoms with van der Waals surface area (Å²) in [5.74, 6) is 0.608. The molecule has 1 aromatic rings. The smallest absolute Gasteiger partial charge is 0.303 e. The van der Waals surface area contributed by atoms with Crippen LogP contribution in [0.25, 0.3) is 0 Å².